The summed E-state index contributed by atoms with van der Waals surface area (Å²) in [6.07, 6.45) is 88.2. The summed E-state index contributed by atoms with van der Waals surface area (Å²) in [7, 11) is 0. The molecule has 0 aliphatic carbocycles. The van der Waals surface area contributed by atoms with Gasteiger partial charge in [-0.05, 0) is 109 Å². The second kappa shape index (κ2) is 63.3. The van der Waals surface area contributed by atoms with Crippen LogP contribution in [0, 0.1) is 0 Å². The first-order valence-corrected chi connectivity index (χ1v) is 31.5. The quantitative estimate of drug-likeness (QED) is 0.0261. The predicted octanol–water partition coefficient (Wildman–Crippen LogP) is 21.6. The minimum absolute atomic E-state index is 0.0976. The van der Waals surface area contributed by atoms with Gasteiger partial charge in [0.05, 0.1) is 0 Å². The molecule has 0 aliphatic rings. The molecule has 0 aliphatic heterocycles. The molecule has 0 saturated heterocycles. The highest BCUT2D eigenvalue weighted by atomic mass is 16.6. The summed E-state index contributed by atoms with van der Waals surface area (Å²) in [6.45, 7) is 6.43. The molecule has 0 aromatic carbocycles. The van der Waals surface area contributed by atoms with Crippen molar-refractivity contribution in [2.24, 2.45) is 0 Å². The Kier molecular flexibility index (Phi) is 59.9. The van der Waals surface area contributed by atoms with Crippen LogP contribution in [0.1, 0.15) is 284 Å². The van der Waals surface area contributed by atoms with Gasteiger partial charge in [0.2, 0.25) is 0 Å². The smallest absolute Gasteiger partial charge is 0.306 e. The number of unbranched alkanes of at least 4 members (excludes halogenated alkanes) is 25. The third-order valence-corrected chi connectivity index (χ3v) is 13.2. The molecular formula is C70H116O6. The third kappa shape index (κ3) is 60.7. The lowest BCUT2D eigenvalue weighted by molar-refractivity contribution is -0.167. The molecule has 1 atom stereocenters. The number of esters is 3. The lowest BCUT2D eigenvalue weighted by Gasteiger charge is -2.18. The Morgan fingerprint density at radius 3 is 0.868 bits per heavy atom. The predicted molar refractivity (Wildman–Crippen MR) is 330 cm³/mol. The fraction of sp³-hybridized carbons (Fsp3) is 0.671. The first-order valence-electron chi connectivity index (χ1n) is 31.5. The van der Waals surface area contributed by atoms with E-state index in [1.807, 2.05) is 0 Å². The van der Waals surface area contributed by atoms with Crippen molar-refractivity contribution < 1.29 is 28.6 Å². The molecule has 0 amide bonds. The minimum atomic E-state index is -0.802. The van der Waals surface area contributed by atoms with Crippen molar-refractivity contribution in [3.8, 4) is 0 Å². The van der Waals surface area contributed by atoms with Gasteiger partial charge in [-0.25, -0.2) is 0 Å². The van der Waals surface area contributed by atoms with Gasteiger partial charge in [0, 0.05) is 19.3 Å². The van der Waals surface area contributed by atoms with Crippen molar-refractivity contribution >= 4 is 17.9 Å². The molecule has 432 valence electrons. The maximum Gasteiger partial charge on any atom is 0.306 e. The highest BCUT2D eigenvalue weighted by molar-refractivity contribution is 5.71. The van der Waals surface area contributed by atoms with Crippen LogP contribution in [0.15, 0.2) is 122 Å². The molecule has 6 heteroatoms. The molecule has 0 rings (SSSR count). The average Bonchev–Trinajstić information content (AvgIpc) is 3.42. The van der Waals surface area contributed by atoms with Crippen molar-refractivity contribution in [2.45, 2.75) is 290 Å². The topological polar surface area (TPSA) is 78.9 Å². The van der Waals surface area contributed by atoms with Gasteiger partial charge in [-0.1, -0.05) is 277 Å². The van der Waals surface area contributed by atoms with Crippen molar-refractivity contribution in [3.63, 3.8) is 0 Å². The van der Waals surface area contributed by atoms with Gasteiger partial charge in [0.15, 0.2) is 6.10 Å². The Morgan fingerprint density at radius 1 is 0.276 bits per heavy atom. The summed E-state index contributed by atoms with van der Waals surface area (Å²) < 4.78 is 16.7. The van der Waals surface area contributed by atoms with Crippen LogP contribution in [-0.4, -0.2) is 37.2 Å². The zero-order valence-electron chi connectivity index (χ0n) is 49.5. The Balaban J connectivity index is 4.23. The molecule has 0 spiro atoms. The second-order valence-electron chi connectivity index (χ2n) is 20.6. The van der Waals surface area contributed by atoms with Crippen LogP contribution in [-0.2, 0) is 28.6 Å². The first-order chi connectivity index (χ1) is 37.5. The van der Waals surface area contributed by atoms with E-state index in [0.29, 0.717) is 19.3 Å². The summed E-state index contributed by atoms with van der Waals surface area (Å²) in [5, 5.41) is 0. The van der Waals surface area contributed by atoms with Gasteiger partial charge in [-0.3, -0.25) is 14.4 Å². The van der Waals surface area contributed by atoms with E-state index in [1.165, 1.54) is 135 Å². The molecule has 1 unspecified atom stereocenters. The number of carbonyl (C=O) groups is 3. The van der Waals surface area contributed by atoms with Crippen LogP contribution in [0.25, 0.3) is 0 Å². The van der Waals surface area contributed by atoms with Crippen LogP contribution >= 0.6 is 0 Å². The van der Waals surface area contributed by atoms with Gasteiger partial charge in [-0.2, -0.15) is 0 Å². The zero-order valence-corrected chi connectivity index (χ0v) is 49.5. The van der Waals surface area contributed by atoms with E-state index in [0.717, 1.165) is 103 Å². The van der Waals surface area contributed by atoms with E-state index >= 15 is 0 Å². The number of ether oxygens (including phenoxy) is 3. The molecule has 6 nitrogen and oxygen atoms in total. The molecule has 0 aromatic heterocycles. The Bertz CT molecular complexity index is 1590. The highest BCUT2D eigenvalue weighted by Gasteiger charge is 2.19. The monoisotopic (exact) mass is 1050 g/mol. The standard InChI is InChI=1S/C70H116O6/c1-4-7-10-13-16-18-20-22-24-26-28-30-32-33-34-35-36-37-39-40-42-44-46-48-50-52-54-57-60-63-69(72)75-66-67(65-74-68(71)62-59-56-15-12-9-6-3)76-70(73)64-61-58-55-53-51-49-47-45-43-41-38-31-29-27-25-23-21-19-17-14-11-8-5-2/h7,10,16,18,22,24,27-30,33-34,36-37,40,42,46,48,52,54,67H,4-6,8-9,11-15,17,19-21,23,25-26,31-32,35,38-39,41,43-45,47,49-51,53,55-66H2,1-3H3/b10-7-,18-16-,24-22-,29-27-,30-28-,34-33-,37-36-,42-40-,48-46-,54-52-. The molecule has 0 aromatic rings. The molecule has 0 radical (unpaired) electrons. The summed E-state index contributed by atoms with van der Waals surface area (Å²) >= 11 is 0. The van der Waals surface area contributed by atoms with Gasteiger partial charge < -0.3 is 14.2 Å². The third-order valence-electron chi connectivity index (χ3n) is 13.2. The fourth-order valence-corrected chi connectivity index (χ4v) is 8.50. The molecule has 0 N–H and O–H groups in total. The summed E-state index contributed by atoms with van der Waals surface area (Å²) in [5.74, 6) is -0.969. The zero-order chi connectivity index (χ0) is 55.0. The van der Waals surface area contributed by atoms with Crippen LogP contribution in [0.4, 0.5) is 0 Å². The van der Waals surface area contributed by atoms with Crippen molar-refractivity contribution in [3.05, 3.63) is 122 Å². The maximum absolute atomic E-state index is 12.8. The number of allylic oxidation sites excluding steroid dienone is 20. The second-order valence-corrected chi connectivity index (χ2v) is 20.6. The lowest BCUT2D eigenvalue weighted by atomic mass is 10.0. The Morgan fingerprint density at radius 2 is 0.526 bits per heavy atom. The van der Waals surface area contributed by atoms with E-state index in [2.05, 4.69) is 142 Å². The average molecular weight is 1050 g/mol. The van der Waals surface area contributed by atoms with Gasteiger partial charge in [0.25, 0.3) is 0 Å². The Hall–Kier alpha value is -4.19. The van der Waals surface area contributed by atoms with E-state index in [4.69, 9.17) is 14.2 Å². The van der Waals surface area contributed by atoms with E-state index in [9.17, 15) is 14.4 Å². The van der Waals surface area contributed by atoms with E-state index in [1.54, 1.807) is 0 Å². The molecule has 0 bridgehead atoms. The molecule has 0 saturated carbocycles. The van der Waals surface area contributed by atoms with Crippen LogP contribution in [0.2, 0.25) is 0 Å². The van der Waals surface area contributed by atoms with Crippen molar-refractivity contribution in [1.29, 1.82) is 0 Å². The molecular weight excluding hydrogens is 937 g/mol. The molecule has 76 heavy (non-hydrogen) atoms. The largest absolute Gasteiger partial charge is 0.462 e. The fourth-order valence-electron chi connectivity index (χ4n) is 8.50. The van der Waals surface area contributed by atoms with Crippen LogP contribution in [0.3, 0.4) is 0 Å². The van der Waals surface area contributed by atoms with Gasteiger partial charge >= 0.3 is 17.9 Å². The maximum atomic E-state index is 12.8. The number of rotatable bonds is 56. The van der Waals surface area contributed by atoms with Crippen LogP contribution < -0.4 is 0 Å². The first kappa shape index (κ1) is 71.8. The number of hydrogen-bond donors (Lipinski definition) is 0. The van der Waals surface area contributed by atoms with Gasteiger partial charge in [-0.15, -0.1) is 0 Å². The van der Waals surface area contributed by atoms with Gasteiger partial charge in [0.1, 0.15) is 13.2 Å². The number of hydrogen-bond acceptors (Lipinski definition) is 6. The lowest BCUT2D eigenvalue weighted by Crippen LogP contribution is -2.30. The normalized spacial score (nSPS) is 12.9. The number of carbonyl (C=O) groups excluding carboxylic acids is 3. The van der Waals surface area contributed by atoms with Crippen molar-refractivity contribution in [2.75, 3.05) is 13.2 Å². The van der Waals surface area contributed by atoms with E-state index < -0.39 is 6.10 Å². The van der Waals surface area contributed by atoms with Crippen LogP contribution in [0.5, 0.6) is 0 Å². The highest BCUT2D eigenvalue weighted by Crippen LogP contribution is 2.15. The molecule has 0 heterocycles. The summed E-state index contributed by atoms with van der Waals surface area (Å²) in [6, 6.07) is 0. The molecule has 0 fully saturated rings. The van der Waals surface area contributed by atoms with Crippen molar-refractivity contribution in [1.82, 2.24) is 0 Å². The SMILES string of the molecule is CC/C=C\C/C=C\C/C=C\C/C=C\C/C=C\C/C=C\C/C=C\C/C=C\C/C=C\CCCC(=O)OCC(COC(=O)CCCCCCCC)OC(=O)CCCCCCCCCCCCC/C=C\CCCCCCCCCC. The summed E-state index contributed by atoms with van der Waals surface area (Å²) in [5.41, 5.74) is 0. The Labute approximate surface area is 469 Å². The summed E-state index contributed by atoms with van der Waals surface area (Å²) in [4.78, 5) is 38.0. The minimum Gasteiger partial charge on any atom is -0.462 e. The van der Waals surface area contributed by atoms with E-state index in [-0.39, 0.29) is 37.5 Å².